The summed E-state index contributed by atoms with van der Waals surface area (Å²) in [6, 6.07) is 1.45. The summed E-state index contributed by atoms with van der Waals surface area (Å²) in [5.74, 6) is 1.73. The predicted octanol–water partition coefficient (Wildman–Crippen LogP) is 1.92. The van der Waals surface area contributed by atoms with Gasteiger partial charge in [0.05, 0.1) is 19.3 Å². The summed E-state index contributed by atoms with van der Waals surface area (Å²) < 4.78 is 12.3. The topological polar surface area (TPSA) is 82.5 Å². The van der Waals surface area contributed by atoms with Crippen LogP contribution in [0.15, 0.2) is 6.07 Å². The lowest BCUT2D eigenvalue weighted by Gasteiger charge is -2.56. The molecule has 1 aromatic heterocycles. The highest BCUT2D eigenvalue weighted by molar-refractivity contribution is 5.95. The van der Waals surface area contributed by atoms with Crippen LogP contribution in [0, 0.1) is 17.8 Å². The molecule has 0 unspecified atom stereocenters. The Morgan fingerprint density at radius 2 is 1.85 bits per heavy atom. The van der Waals surface area contributed by atoms with Gasteiger partial charge in [0.2, 0.25) is 0 Å². The third kappa shape index (κ3) is 3.24. The largest absolute Gasteiger partial charge is 0.464 e. The maximum absolute atomic E-state index is 12.2. The second kappa shape index (κ2) is 6.68. The minimum atomic E-state index is -0.510. The van der Waals surface area contributed by atoms with Gasteiger partial charge < -0.3 is 14.8 Å². The normalized spacial score (nSPS) is 31.8. The first-order valence-electron chi connectivity index (χ1n) is 9.52. The maximum Gasteiger partial charge on any atom is 0.356 e. The van der Waals surface area contributed by atoms with Crippen LogP contribution in [-0.2, 0) is 16.5 Å². The van der Waals surface area contributed by atoms with Gasteiger partial charge in [-0.25, -0.2) is 4.79 Å². The lowest BCUT2D eigenvalue weighted by Crippen LogP contribution is -2.52. The van der Waals surface area contributed by atoms with E-state index in [0.29, 0.717) is 13.2 Å². The van der Waals surface area contributed by atoms with Crippen LogP contribution in [0.2, 0.25) is 0 Å². The molecule has 0 saturated heterocycles. The standard InChI is InChI=1S/C19H27N3O4/c1-22-16(18(24)25-2)8-15(21-22)17(23)20-3-4-26-19-9-12-5-13(10-19)7-14(6-12)11-19/h8,12-14H,3-7,9-11H2,1-2H3,(H,20,23). The van der Waals surface area contributed by atoms with Crippen LogP contribution in [0.1, 0.15) is 59.5 Å². The van der Waals surface area contributed by atoms with E-state index in [2.05, 4.69) is 15.2 Å². The van der Waals surface area contributed by atoms with E-state index in [4.69, 9.17) is 4.74 Å². The molecule has 1 amide bonds. The van der Waals surface area contributed by atoms with Crippen LogP contribution in [0.4, 0.5) is 0 Å². The van der Waals surface area contributed by atoms with Crippen LogP contribution in [0.5, 0.6) is 0 Å². The molecule has 0 atom stereocenters. The molecule has 4 bridgehead atoms. The molecule has 1 aromatic rings. The number of carbonyl (C=O) groups is 2. The number of nitrogens with zero attached hydrogens (tertiary/aromatic N) is 2. The molecular formula is C19H27N3O4. The van der Waals surface area contributed by atoms with E-state index in [1.165, 1.54) is 56.4 Å². The molecule has 0 aliphatic heterocycles. The van der Waals surface area contributed by atoms with Crippen LogP contribution in [0.3, 0.4) is 0 Å². The highest BCUT2D eigenvalue weighted by atomic mass is 16.5. The van der Waals surface area contributed by atoms with Crippen molar-refractivity contribution in [1.82, 2.24) is 15.1 Å². The summed E-state index contributed by atoms with van der Waals surface area (Å²) >= 11 is 0. The number of nitrogens with one attached hydrogen (secondary N) is 1. The lowest BCUT2D eigenvalue weighted by atomic mass is 9.54. The van der Waals surface area contributed by atoms with Crippen LogP contribution in [0.25, 0.3) is 0 Å². The molecule has 4 saturated carbocycles. The number of carbonyl (C=O) groups excluding carboxylic acids is 2. The smallest absolute Gasteiger partial charge is 0.356 e. The number of rotatable bonds is 6. The summed E-state index contributed by atoms with van der Waals surface area (Å²) in [6.07, 6.45) is 7.74. The highest BCUT2D eigenvalue weighted by Gasteiger charge is 2.51. The Labute approximate surface area is 153 Å². The summed E-state index contributed by atoms with van der Waals surface area (Å²) in [6.45, 7) is 0.972. The first kappa shape index (κ1) is 17.5. The molecule has 7 heteroatoms. The van der Waals surface area contributed by atoms with Crippen molar-refractivity contribution in [3.05, 3.63) is 17.5 Å². The van der Waals surface area contributed by atoms with Crippen molar-refractivity contribution in [1.29, 1.82) is 0 Å². The lowest BCUT2D eigenvalue weighted by molar-refractivity contribution is -0.161. The molecule has 0 radical (unpaired) electrons. The Hall–Kier alpha value is -1.89. The van der Waals surface area contributed by atoms with Crippen LogP contribution >= 0.6 is 0 Å². The molecule has 1 heterocycles. The molecule has 4 aliphatic carbocycles. The van der Waals surface area contributed by atoms with Gasteiger partial charge in [-0.1, -0.05) is 0 Å². The zero-order valence-corrected chi connectivity index (χ0v) is 15.5. The van der Waals surface area contributed by atoms with Gasteiger partial charge in [0.1, 0.15) is 5.69 Å². The third-order valence-corrected chi connectivity index (χ3v) is 6.28. The Morgan fingerprint density at radius 1 is 1.23 bits per heavy atom. The number of amides is 1. The summed E-state index contributed by atoms with van der Waals surface area (Å²) in [7, 11) is 2.91. The average Bonchev–Trinajstić information content (AvgIpc) is 2.98. The minimum Gasteiger partial charge on any atom is -0.464 e. The van der Waals surface area contributed by atoms with E-state index in [0.717, 1.165) is 17.8 Å². The fourth-order valence-corrected chi connectivity index (χ4v) is 5.60. The van der Waals surface area contributed by atoms with Gasteiger partial charge in [-0.3, -0.25) is 9.48 Å². The molecule has 1 N–H and O–H groups in total. The highest BCUT2D eigenvalue weighted by Crippen LogP contribution is 2.57. The van der Waals surface area contributed by atoms with E-state index in [1.807, 2.05) is 0 Å². The van der Waals surface area contributed by atoms with E-state index in [9.17, 15) is 9.59 Å². The number of esters is 1. The second-order valence-electron chi connectivity index (χ2n) is 8.23. The van der Waals surface area contributed by atoms with E-state index in [1.54, 1.807) is 7.05 Å². The van der Waals surface area contributed by atoms with Crippen LogP contribution in [-0.4, -0.2) is 47.5 Å². The van der Waals surface area contributed by atoms with Crippen molar-refractivity contribution in [3.63, 3.8) is 0 Å². The number of aryl methyl sites for hydroxylation is 1. The number of hydrogen-bond acceptors (Lipinski definition) is 5. The fourth-order valence-electron chi connectivity index (χ4n) is 5.60. The maximum atomic E-state index is 12.2. The fraction of sp³-hybridized carbons (Fsp3) is 0.737. The molecule has 4 fully saturated rings. The molecular weight excluding hydrogens is 334 g/mol. The Kier molecular flexibility index (Phi) is 4.50. The monoisotopic (exact) mass is 361 g/mol. The SMILES string of the molecule is COC(=O)c1cc(C(=O)NCCOC23CC4CC(CC(C4)C2)C3)nn1C. The number of hydrogen-bond donors (Lipinski definition) is 1. The number of ether oxygens (including phenoxy) is 2. The van der Waals surface area contributed by atoms with Crippen molar-refractivity contribution in [2.24, 2.45) is 24.8 Å². The van der Waals surface area contributed by atoms with E-state index < -0.39 is 5.97 Å². The van der Waals surface area contributed by atoms with Crippen molar-refractivity contribution in [2.75, 3.05) is 20.3 Å². The first-order valence-corrected chi connectivity index (χ1v) is 9.52. The van der Waals surface area contributed by atoms with Gasteiger partial charge in [0.25, 0.3) is 5.91 Å². The minimum absolute atomic E-state index is 0.0581. The van der Waals surface area contributed by atoms with Gasteiger partial charge in [-0.2, -0.15) is 5.10 Å². The molecule has 26 heavy (non-hydrogen) atoms. The van der Waals surface area contributed by atoms with Crippen molar-refractivity contribution in [3.8, 4) is 0 Å². The summed E-state index contributed by atoms with van der Waals surface area (Å²) in [5.41, 5.74) is 0.521. The Balaban J connectivity index is 1.27. The quantitative estimate of drug-likeness (QED) is 0.618. The summed E-state index contributed by atoms with van der Waals surface area (Å²) in [4.78, 5) is 23.9. The van der Waals surface area contributed by atoms with Gasteiger partial charge in [-0.15, -0.1) is 0 Å². The van der Waals surface area contributed by atoms with Gasteiger partial charge >= 0.3 is 5.97 Å². The first-order chi connectivity index (χ1) is 12.5. The molecule has 5 rings (SSSR count). The number of methoxy groups -OCH3 is 1. The number of aromatic nitrogens is 2. The zero-order chi connectivity index (χ0) is 18.3. The molecule has 0 aromatic carbocycles. The van der Waals surface area contributed by atoms with Gasteiger partial charge in [0.15, 0.2) is 5.69 Å². The van der Waals surface area contributed by atoms with E-state index in [-0.39, 0.29) is 22.9 Å². The average molecular weight is 361 g/mol. The van der Waals surface area contributed by atoms with E-state index >= 15 is 0 Å². The summed E-state index contributed by atoms with van der Waals surface area (Å²) in [5, 5.41) is 6.91. The van der Waals surface area contributed by atoms with Crippen molar-refractivity contribution < 1.29 is 19.1 Å². The van der Waals surface area contributed by atoms with Crippen molar-refractivity contribution >= 4 is 11.9 Å². The Morgan fingerprint density at radius 3 is 2.42 bits per heavy atom. The third-order valence-electron chi connectivity index (χ3n) is 6.28. The van der Waals surface area contributed by atoms with Crippen molar-refractivity contribution in [2.45, 2.75) is 44.1 Å². The molecule has 4 aliphatic rings. The molecule has 142 valence electrons. The van der Waals surface area contributed by atoms with Gasteiger partial charge in [0, 0.05) is 19.7 Å². The zero-order valence-electron chi connectivity index (χ0n) is 15.5. The molecule has 0 spiro atoms. The second-order valence-corrected chi connectivity index (χ2v) is 8.23. The molecule has 7 nitrogen and oxygen atoms in total. The van der Waals surface area contributed by atoms with Crippen LogP contribution < -0.4 is 5.32 Å². The Bertz CT molecular complexity index is 676. The predicted molar refractivity (Wildman–Crippen MR) is 93.7 cm³/mol. The van der Waals surface area contributed by atoms with Gasteiger partial charge in [-0.05, 0) is 56.3 Å².